The first-order chi connectivity index (χ1) is 16.9. The van der Waals surface area contributed by atoms with E-state index in [1.165, 1.54) is 11.9 Å². The number of nitrogens with one attached hydrogen (secondary N) is 2. The van der Waals surface area contributed by atoms with E-state index in [2.05, 4.69) is 10.2 Å². The molecule has 0 bridgehead atoms. The van der Waals surface area contributed by atoms with E-state index in [1.807, 2.05) is 79.3 Å². The molecule has 2 heterocycles. The molecule has 1 atom stereocenters. The van der Waals surface area contributed by atoms with E-state index in [9.17, 15) is 9.90 Å². The molecule has 0 saturated heterocycles. The molecule has 1 unspecified atom stereocenters. The molecule has 0 saturated carbocycles. The molecule has 0 aliphatic carbocycles. The van der Waals surface area contributed by atoms with Crippen LogP contribution in [0.25, 0.3) is 38.9 Å². The highest BCUT2D eigenvalue weighted by Crippen LogP contribution is 2.33. The van der Waals surface area contributed by atoms with E-state index >= 15 is 0 Å². The normalized spacial score (nSPS) is 12.5. The second-order valence-corrected chi connectivity index (χ2v) is 9.47. The van der Waals surface area contributed by atoms with Crippen LogP contribution in [0.2, 0.25) is 0 Å². The highest BCUT2D eigenvalue weighted by Gasteiger charge is 2.21. The highest BCUT2D eigenvalue weighted by molar-refractivity contribution is 7.97. The first-order valence-corrected chi connectivity index (χ1v) is 11.9. The van der Waals surface area contributed by atoms with Gasteiger partial charge in [-0.15, -0.1) is 0 Å². The zero-order chi connectivity index (χ0) is 24.5. The van der Waals surface area contributed by atoms with Crippen molar-refractivity contribution in [3.8, 4) is 16.9 Å². The summed E-state index contributed by atoms with van der Waals surface area (Å²) in [7, 11) is 0. The zero-order valence-corrected chi connectivity index (χ0v) is 19.9. The molecule has 4 N–H and O–H groups in total. The Labute approximate surface area is 205 Å². The van der Waals surface area contributed by atoms with Crippen LogP contribution in [0.1, 0.15) is 13.8 Å². The number of carboxylic acids is 1. The number of hydrogen-bond acceptors (Lipinski definition) is 7. The van der Waals surface area contributed by atoms with Gasteiger partial charge >= 0.3 is 5.97 Å². The van der Waals surface area contributed by atoms with Gasteiger partial charge in [0.2, 0.25) is 0 Å². The molecule has 0 aliphatic rings. The first-order valence-electron chi connectivity index (χ1n) is 11.1. The predicted octanol–water partition coefficient (Wildman–Crippen LogP) is 5.95. The van der Waals surface area contributed by atoms with E-state index in [-0.39, 0.29) is 5.92 Å². The highest BCUT2D eigenvalue weighted by atomic mass is 32.2. The number of hydrogen-bond donors (Lipinski definition) is 4. The van der Waals surface area contributed by atoms with Gasteiger partial charge in [-0.1, -0.05) is 26.0 Å². The topological polar surface area (TPSA) is 113 Å². The van der Waals surface area contributed by atoms with Gasteiger partial charge in [-0.25, -0.2) is 9.40 Å². The fourth-order valence-electron chi connectivity index (χ4n) is 3.89. The van der Waals surface area contributed by atoms with E-state index < -0.39 is 12.0 Å². The van der Waals surface area contributed by atoms with Crippen molar-refractivity contribution in [3.63, 3.8) is 0 Å². The van der Waals surface area contributed by atoms with E-state index in [0.717, 1.165) is 43.8 Å². The second kappa shape index (κ2) is 9.46. The summed E-state index contributed by atoms with van der Waals surface area (Å²) in [6.45, 7) is 3.75. The number of carboxylic acid groups (broad SMARTS) is 1. The second-order valence-electron chi connectivity index (χ2n) is 8.56. The van der Waals surface area contributed by atoms with E-state index in [4.69, 9.17) is 14.7 Å². The van der Waals surface area contributed by atoms with Crippen LogP contribution >= 0.6 is 11.9 Å². The van der Waals surface area contributed by atoms with Crippen LogP contribution in [0.5, 0.6) is 0 Å². The minimum atomic E-state index is -0.870. The number of carbonyl (C=O) groups is 1. The Hall–Kier alpha value is -3.79. The maximum absolute atomic E-state index is 11.4. The van der Waals surface area contributed by atoms with Crippen LogP contribution in [0.3, 0.4) is 0 Å². The monoisotopic (exact) mass is 488 g/mol. The Balaban J connectivity index is 1.41. The van der Waals surface area contributed by atoms with Crippen LogP contribution in [0, 0.1) is 5.92 Å². The largest absolute Gasteiger partial charge is 0.480 e. The van der Waals surface area contributed by atoms with Gasteiger partial charge in [-0.05, 0) is 72.5 Å². The molecule has 2 aromatic heterocycles. The summed E-state index contributed by atoms with van der Waals surface area (Å²) in [5, 5.41) is 25.0. The standard InChI is InChI=1S/C26H24N4O4S/c1-15(2)25(26(31)32)29-35-19-8-9-20-21-13-18(7-10-23(21)34-24(20)14-19)30-12-11-22(27-30)16-3-5-17(28-33)6-4-16/h3-15,25,28-29,33H,1-2H3,(H,31,32). The lowest BCUT2D eigenvalue weighted by atomic mass is 10.1. The predicted molar refractivity (Wildman–Crippen MR) is 137 cm³/mol. The fraction of sp³-hybridized carbons (Fsp3) is 0.154. The number of anilines is 1. The van der Waals surface area contributed by atoms with Gasteiger partial charge in [-0.2, -0.15) is 5.10 Å². The van der Waals surface area contributed by atoms with Gasteiger partial charge in [0.25, 0.3) is 0 Å². The van der Waals surface area contributed by atoms with Gasteiger partial charge < -0.3 is 9.52 Å². The molecule has 9 heteroatoms. The molecule has 0 amide bonds. The van der Waals surface area contributed by atoms with Gasteiger partial charge in [-0.3, -0.25) is 15.5 Å². The summed E-state index contributed by atoms with van der Waals surface area (Å²) >= 11 is 1.29. The number of rotatable bonds is 8. The molecule has 0 spiro atoms. The summed E-state index contributed by atoms with van der Waals surface area (Å²) in [6, 6.07) is 20.4. The maximum Gasteiger partial charge on any atom is 0.321 e. The van der Waals surface area contributed by atoms with Crippen LogP contribution in [-0.2, 0) is 4.79 Å². The fourth-order valence-corrected chi connectivity index (χ4v) is 4.83. The molecule has 0 fully saturated rings. The SMILES string of the molecule is CC(C)C(NSc1ccc2c(c1)oc1ccc(-n3ccc(-c4ccc(NO)cc4)n3)cc12)C(=O)O. The molecule has 8 nitrogen and oxygen atoms in total. The van der Waals surface area contributed by atoms with Crippen LogP contribution in [0.15, 0.2) is 82.2 Å². The number of furan rings is 1. The van der Waals surface area contributed by atoms with Gasteiger partial charge in [0, 0.05) is 27.4 Å². The molecule has 3 aromatic carbocycles. The number of fused-ring (bicyclic) bond motifs is 3. The summed E-state index contributed by atoms with van der Waals surface area (Å²) in [5.41, 5.74) is 6.91. The number of nitrogens with zero attached hydrogens (tertiary/aromatic N) is 2. The Bertz CT molecular complexity index is 1510. The molecular weight excluding hydrogens is 464 g/mol. The van der Waals surface area contributed by atoms with E-state index in [0.29, 0.717) is 5.69 Å². The van der Waals surface area contributed by atoms with Crippen molar-refractivity contribution in [1.82, 2.24) is 14.5 Å². The average Bonchev–Trinajstić information content (AvgIpc) is 3.48. The van der Waals surface area contributed by atoms with Crippen molar-refractivity contribution in [2.24, 2.45) is 5.92 Å². The van der Waals surface area contributed by atoms with Crippen molar-refractivity contribution >= 4 is 45.5 Å². The van der Waals surface area contributed by atoms with Gasteiger partial charge in [0.1, 0.15) is 17.2 Å². The quantitative estimate of drug-likeness (QED) is 0.157. The smallest absolute Gasteiger partial charge is 0.321 e. The number of benzene rings is 3. The number of aromatic nitrogens is 2. The molecule has 0 radical (unpaired) electrons. The van der Waals surface area contributed by atoms with Crippen molar-refractivity contribution in [1.29, 1.82) is 0 Å². The minimum Gasteiger partial charge on any atom is -0.480 e. The van der Waals surface area contributed by atoms with Crippen molar-refractivity contribution in [2.45, 2.75) is 24.8 Å². The first kappa shape index (κ1) is 23.0. The Kier molecular flexibility index (Phi) is 6.21. The van der Waals surface area contributed by atoms with Crippen molar-refractivity contribution < 1.29 is 19.5 Å². The lowest BCUT2D eigenvalue weighted by Gasteiger charge is -2.16. The molecule has 35 heavy (non-hydrogen) atoms. The van der Waals surface area contributed by atoms with Crippen molar-refractivity contribution in [2.75, 3.05) is 5.48 Å². The average molecular weight is 489 g/mol. The lowest BCUT2D eigenvalue weighted by Crippen LogP contribution is -2.36. The Morgan fingerprint density at radius 1 is 1.00 bits per heavy atom. The van der Waals surface area contributed by atoms with Crippen LogP contribution in [-0.4, -0.2) is 32.1 Å². The van der Waals surface area contributed by atoms with Crippen LogP contribution < -0.4 is 10.2 Å². The van der Waals surface area contributed by atoms with Gasteiger partial charge in [0.15, 0.2) is 0 Å². The third-order valence-electron chi connectivity index (χ3n) is 5.83. The number of aliphatic carboxylic acids is 1. The lowest BCUT2D eigenvalue weighted by molar-refractivity contribution is -0.139. The summed E-state index contributed by atoms with van der Waals surface area (Å²) in [6.07, 6.45) is 1.91. The summed E-state index contributed by atoms with van der Waals surface area (Å²) in [4.78, 5) is 12.3. The Morgan fingerprint density at radius 2 is 1.80 bits per heavy atom. The van der Waals surface area contributed by atoms with Crippen molar-refractivity contribution in [3.05, 3.63) is 72.9 Å². The summed E-state index contributed by atoms with van der Waals surface area (Å²) < 4.78 is 10.9. The molecule has 0 aliphatic heterocycles. The zero-order valence-electron chi connectivity index (χ0n) is 19.1. The summed E-state index contributed by atoms with van der Waals surface area (Å²) in [5.74, 6) is -0.904. The van der Waals surface area contributed by atoms with E-state index in [1.54, 1.807) is 12.1 Å². The molecular formula is C26H24N4O4S. The molecule has 5 rings (SSSR count). The van der Waals surface area contributed by atoms with Gasteiger partial charge in [0.05, 0.1) is 17.1 Å². The molecule has 178 valence electrons. The molecule has 5 aromatic rings. The minimum absolute atomic E-state index is 0.0342. The van der Waals surface area contributed by atoms with Crippen LogP contribution in [0.4, 0.5) is 5.69 Å². The third kappa shape index (κ3) is 4.61. The maximum atomic E-state index is 11.4. The third-order valence-corrected chi connectivity index (χ3v) is 6.69. The Morgan fingerprint density at radius 3 is 2.51 bits per heavy atom.